The van der Waals surface area contributed by atoms with Crippen LogP contribution in [0, 0.1) is 6.92 Å². The largest absolute Gasteiger partial charge is 0.477 e. The van der Waals surface area contributed by atoms with Crippen LogP contribution in [0.15, 0.2) is 36.5 Å². The molecule has 0 radical (unpaired) electrons. The van der Waals surface area contributed by atoms with Crippen LogP contribution in [0.3, 0.4) is 0 Å². The molecule has 1 heterocycles. The van der Waals surface area contributed by atoms with Crippen molar-refractivity contribution < 1.29 is 14.6 Å². The molecule has 0 bridgehead atoms. The number of benzene rings is 1. The minimum Gasteiger partial charge on any atom is -0.477 e. The van der Waals surface area contributed by atoms with Crippen molar-refractivity contribution in [3.05, 3.63) is 53.2 Å². The van der Waals surface area contributed by atoms with E-state index >= 15 is 0 Å². The van der Waals surface area contributed by atoms with Crippen molar-refractivity contribution in [2.75, 3.05) is 0 Å². The molecule has 0 saturated carbocycles. The molecule has 21 heavy (non-hydrogen) atoms. The molecule has 4 nitrogen and oxygen atoms in total. The summed E-state index contributed by atoms with van der Waals surface area (Å²) in [5.41, 5.74) is 1.99. The lowest BCUT2D eigenvalue weighted by molar-refractivity contribution is 0.0692. The summed E-state index contributed by atoms with van der Waals surface area (Å²) in [5.74, 6) is -0.310. The number of hydrogen-bond acceptors (Lipinski definition) is 3. The molecule has 0 aliphatic rings. The molecule has 0 unspecified atom stereocenters. The van der Waals surface area contributed by atoms with Gasteiger partial charge in [0.2, 0.25) is 5.88 Å². The topological polar surface area (TPSA) is 59.4 Å². The lowest BCUT2D eigenvalue weighted by Gasteiger charge is -2.09. The first-order valence-electron chi connectivity index (χ1n) is 7.07. The van der Waals surface area contributed by atoms with E-state index < -0.39 is 5.97 Å². The van der Waals surface area contributed by atoms with Crippen molar-refractivity contribution in [1.82, 2.24) is 4.98 Å². The van der Waals surface area contributed by atoms with Crippen LogP contribution >= 0.6 is 0 Å². The number of aryl methyl sites for hydroxylation is 2. The molecule has 0 amide bonds. The van der Waals surface area contributed by atoms with E-state index in [0.717, 1.165) is 19.3 Å². The fraction of sp³-hybridized carbons (Fsp3) is 0.294. The highest BCUT2D eigenvalue weighted by molar-refractivity contribution is 5.91. The Kier molecular flexibility index (Phi) is 4.93. The number of carboxylic acid groups (broad SMARTS) is 1. The fourth-order valence-corrected chi connectivity index (χ4v) is 2.09. The van der Waals surface area contributed by atoms with Crippen molar-refractivity contribution in [3.63, 3.8) is 0 Å². The normalized spacial score (nSPS) is 10.4. The summed E-state index contributed by atoms with van der Waals surface area (Å²) in [6.07, 6.45) is 4.91. The summed E-state index contributed by atoms with van der Waals surface area (Å²) in [5, 5.41) is 9.25. The molecule has 0 spiro atoms. The van der Waals surface area contributed by atoms with E-state index in [0.29, 0.717) is 11.3 Å². The number of aromatic carboxylic acids is 1. The highest BCUT2D eigenvalue weighted by Crippen LogP contribution is 2.25. The van der Waals surface area contributed by atoms with Gasteiger partial charge in [0.25, 0.3) is 0 Å². The SMILES string of the molecule is CCCCc1ccc(Oc2nccc(C)c2C(=O)O)cc1. The molecule has 110 valence electrons. The number of rotatable bonds is 6. The number of carbonyl (C=O) groups is 1. The molecule has 2 aromatic rings. The zero-order valence-corrected chi connectivity index (χ0v) is 12.3. The monoisotopic (exact) mass is 285 g/mol. The van der Waals surface area contributed by atoms with Gasteiger partial charge in [-0.3, -0.25) is 0 Å². The van der Waals surface area contributed by atoms with Gasteiger partial charge >= 0.3 is 5.97 Å². The standard InChI is InChI=1S/C17H19NO3/c1-3-4-5-13-6-8-14(9-7-13)21-16-15(17(19)20)12(2)10-11-18-16/h6-11H,3-5H2,1-2H3,(H,19,20). The Hall–Kier alpha value is -2.36. The van der Waals surface area contributed by atoms with Crippen LogP contribution in [0.4, 0.5) is 0 Å². The molecule has 0 atom stereocenters. The van der Waals surface area contributed by atoms with Gasteiger partial charge in [-0.25, -0.2) is 9.78 Å². The fourth-order valence-electron chi connectivity index (χ4n) is 2.09. The zero-order chi connectivity index (χ0) is 15.2. The Bertz CT molecular complexity index is 620. The van der Waals surface area contributed by atoms with Crippen LogP contribution in [-0.4, -0.2) is 16.1 Å². The zero-order valence-electron chi connectivity index (χ0n) is 12.3. The number of pyridine rings is 1. The lowest BCUT2D eigenvalue weighted by Crippen LogP contribution is -2.04. The number of nitrogens with zero attached hydrogens (tertiary/aromatic N) is 1. The van der Waals surface area contributed by atoms with Gasteiger partial charge in [-0.05, 0) is 49.1 Å². The van der Waals surface area contributed by atoms with Gasteiger partial charge in [0.15, 0.2) is 0 Å². The number of carboxylic acids is 1. The summed E-state index contributed by atoms with van der Waals surface area (Å²) < 4.78 is 5.62. The summed E-state index contributed by atoms with van der Waals surface area (Å²) >= 11 is 0. The van der Waals surface area contributed by atoms with Crippen molar-refractivity contribution in [2.45, 2.75) is 33.1 Å². The average Bonchev–Trinajstić information content (AvgIpc) is 2.46. The van der Waals surface area contributed by atoms with Gasteiger partial charge in [0.05, 0.1) is 0 Å². The molecule has 4 heteroatoms. The number of unbranched alkanes of at least 4 members (excludes halogenated alkanes) is 1. The maximum absolute atomic E-state index is 11.3. The summed E-state index contributed by atoms with van der Waals surface area (Å²) in [6.45, 7) is 3.89. The third kappa shape index (κ3) is 3.81. The van der Waals surface area contributed by atoms with Gasteiger partial charge < -0.3 is 9.84 Å². The average molecular weight is 285 g/mol. The highest BCUT2D eigenvalue weighted by atomic mass is 16.5. The van der Waals surface area contributed by atoms with Crippen LogP contribution in [0.1, 0.15) is 41.3 Å². The van der Waals surface area contributed by atoms with Crippen molar-refractivity contribution in [1.29, 1.82) is 0 Å². The van der Waals surface area contributed by atoms with E-state index in [1.165, 1.54) is 5.56 Å². The van der Waals surface area contributed by atoms with Crippen molar-refractivity contribution in [2.24, 2.45) is 0 Å². The number of hydrogen-bond donors (Lipinski definition) is 1. The third-order valence-corrected chi connectivity index (χ3v) is 3.30. The van der Waals surface area contributed by atoms with E-state index in [1.807, 2.05) is 24.3 Å². The lowest BCUT2D eigenvalue weighted by atomic mass is 10.1. The second kappa shape index (κ2) is 6.88. The van der Waals surface area contributed by atoms with E-state index in [-0.39, 0.29) is 11.4 Å². The summed E-state index contributed by atoms with van der Waals surface area (Å²) in [4.78, 5) is 15.3. The van der Waals surface area contributed by atoms with E-state index in [4.69, 9.17) is 4.74 Å². The van der Waals surface area contributed by atoms with Gasteiger partial charge in [-0.15, -0.1) is 0 Å². The van der Waals surface area contributed by atoms with Crippen molar-refractivity contribution >= 4 is 5.97 Å². The Morgan fingerprint density at radius 2 is 1.95 bits per heavy atom. The van der Waals surface area contributed by atoms with Crippen LogP contribution < -0.4 is 4.74 Å². The molecular weight excluding hydrogens is 266 g/mol. The first-order chi connectivity index (χ1) is 10.1. The van der Waals surface area contributed by atoms with Gasteiger partial charge in [0.1, 0.15) is 11.3 Å². The first-order valence-corrected chi connectivity index (χ1v) is 7.07. The Labute approximate surface area is 124 Å². The quantitative estimate of drug-likeness (QED) is 0.863. The number of aromatic nitrogens is 1. The Morgan fingerprint density at radius 1 is 1.24 bits per heavy atom. The summed E-state index contributed by atoms with van der Waals surface area (Å²) in [7, 11) is 0. The van der Waals surface area contributed by atoms with Crippen LogP contribution in [0.25, 0.3) is 0 Å². The minimum atomic E-state index is -1.03. The molecule has 1 N–H and O–H groups in total. The molecular formula is C17H19NO3. The number of ether oxygens (including phenoxy) is 1. The predicted molar refractivity (Wildman–Crippen MR) is 81.1 cm³/mol. The smallest absolute Gasteiger partial charge is 0.341 e. The first kappa shape index (κ1) is 15.0. The van der Waals surface area contributed by atoms with Crippen LogP contribution in [0.5, 0.6) is 11.6 Å². The Balaban J connectivity index is 2.19. The van der Waals surface area contributed by atoms with E-state index in [2.05, 4.69) is 11.9 Å². The predicted octanol–water partition coefficient (Wildman–Crippen LogP) is 4.22. The molecule has 0 aliphatic heterocycles. The molecule has 0 saturated heterocycles. The minimum absolute atomic E-state index is 0.104. The summed E-state index contributed by atoms with van der Waals surface area (Å²) in [6, 6.07) is 9.36. The second-order valence-electron chi connectivity index (χ2n) is 4.96. The molecule has 1 aromatic carbocycles. The van der Waals surface area contributed by atoms with Gasteiger partial charge in [-0.1, -0.05) is 25.5 Å². The molecule has 0 aliphatic carbocycles. The van der Waals surface area contributed by atoms with Crippen LogP contribution in [-0.2, 0) is 6.42 Å². The van der Waals surface area contributed by atoms with E-state index in [9.17, 15) is 9.90 Å². The van der Waals surface area contributed by atoms with E-state index in [1.54, 1.807) is 19.2 Å². The molecule has 1 aromatic heterocycles. The van der Waals surface area contributed by atoms with Crippen LogP contribution in [0.2, 0.25) is 0 Å². The molecule has 0 fully saturated rings. The Morgan fingerprint density at radius 3 is 2.57 bits per heavy atom. The van der Waals surface area contributed by atoms with Gasteiger partial charge in [-0.2, -0.15) is 0 Å². The third-order valence-electron chi connectivity index (χ3n) is 3.30. The highest BCUT2D eigenvalue weighted by Gasteiger charge is 2.16. The second-order valence-corrected chi connectivity index (χ2v) is 4.96. The van der Waals surface area contributed by atoms with Crippen molar-refractivity contribution in [3.8, 4) is 11.6 Å². The maximum atomic E-state index is 11.3. The molecule has 2 rings (SSSR count). The maximum Gasteiger partial charge on any atom is 0.341 e. The van der Waals surface area contributed by atoms with Gasteiger partial charge in [0, 0.05) is 6.20 Å².